The summed E-state index contributed by atoms with van der Waals surface area (Å²) < 4.78 is 1.67. The molecule has 9 heteroatoms. The van der Waals surface area contributed by atoms with E-state index in [0.717, 1.165) is 11.1 Å². The molecule has 1 atom stereocenters. The third-order valence-electron chi connectivity index (χ3n) is 4.90. The van der Waals surface area contributed by atoms with E-state index in [2.05, 4.69) is 30.7 Å². The molecule has 0 spiro atoms. The van der Waals surface area contributed by atoms with E-state index in [1.54, 1.807) is 30.1 Å². The molecular formula is C22H20N8O. The first-order valence-corrected chi connectivity index (χ1v) is 9.64. The van der Waals surface area contributed by atoms with Crippen LogP contribution in [-0.2, 0) is 7.05 Å². The van der Waals surface area contributed by atoms with Crippen molar-refractivity contribution in [2.24, 2.45) is 7.05 Å². The molecule has 0 fully saturated rings. The van der Waals surface area contributed by atoms with Crippen molar-refractivity contribution in [2.75, 3.05) is 10.6 Å². The summed E-state index contributed by atoms with van der Waals surface area (Å²) in [4.78, 5) is 25.5. The van der Waals surface area contributed by atoms with Gasteiger partial charge in [-0.3, -0.25) is 4.79 Å². The number of pyridine rings is 1. The van der Waals surface area contributed by atoms with Crippen molar-refractivity contribution in [3.05, 3.63) is 71.3 Å². The Balaban J connectivity index is 1.49. The summed E-state index contributed by atoms with van der Waals surface area (Å²) in [5.74, 6) is 0.350. The number of benzene rings is 1. The van der Waals surface area contributed by atoms with Crippen molar-refractivity contribution in [1.82, 2.24) is 24.7 Å². The molecule has 4 aromatic rings. The number of carbonyl (C=O) groups is 1. The van der Waals surface area contributed by atoms with E-state index in [0.29, 0.717) is 34.0 Å². The van der Waals surface area contributed by atoms with Gasteiger partial charge in [-0.25, -0.2) is 19.6 Å². The van der Waals surface area contributed by atoms with E-state index >= 15 is 0 Å². The summed E-state index contributed by atoms with van der Waals surface area (Å²) in [5, 5.41) is 19.4. The van der Waals surface area contributed by atoms with Gasteiger partial charge in [-0.2, -0.15) is 10.4 Å². The molecule has 4 rings (SSSR count). The Morgan fingerprint density at radius 3 is 2.81 bits per heavy atom. The highest BCUT2D eigenvalue weighted by molar-refractivity contribution is 6.04. The maximum atomic E-state index is 12.6. The molecule has 1 aromatic carbocycles. The number of hydrogen-bond acceptors (Lipinski definition) is 7. The van der Waals surface area contributed by atoms with Gasteiger partial charge in [0.15, 0.2) is 5.65 Å². The molecule has 0 radical (unpaired) electrons. The maximum absolute atomic E-state index is 12.6. The lowest BCUT2D eigenvalue weighted by atomic mass is 10.1. The van der Waals surface area contributed by atoms with Crippen LogP contribution in [0.5, 0.6) is 0 Å². The number of amides is 1. The first kappa shape index (κ1) is 20.0. The largest absolute Gasteiger partial charge is 0.362 e. The average Bonchev–Trinajstić information content (AvgIpc) is 3.14. The van der Waals surface area contributed by atoms with Gasteiger partial charge >= 0.3 is 0 Å². The summed E-state index contributed by atoms with van der Waals surface area (Å²) >= 11 is 0. The van der Waals surface area contributed by atoms with Crippen LogP contribution in [0.3, 0.4) is 0 Å². The summed E-state index contributed by atoms with van der Waals surface area (Å²) in [6.45, 7) is 3.76. The van der Waals surface area contributed by atoms with Crippen LogP contribution in [-0.4, -0.2) is 30.6 Å². The van der Waals surface area contributed by atoms with E-state index < -0.39 is 0 Å². The highest BCUT2D eigenvalue weighted by atomic mass is 16.1. The van der Waals surface area contributed by atoms with Crippen LogP contribution in [0.1, 0.15) is 40.1 Å². The monoisotopic (exact) mass is 412 g/mol. The van der Waals surface area contributed by atoms with E-state index in [1.165, 1.54) is 6.20 Å². The lowest BCUT2D eigenvalue weighted by molar-refractivity contribution is 0.102. The minimum atomic E-state index is -0.287. The molecule has 154 valence electrons. The number of nitrogens with one attached hydrogen (secondary N) is 2. The fraction of sp³-hybridized carbons (Fsp3) is 0.182. The van der Waals surface area contributed by atoms with Crippen molar-refractivity contribution in [3.63, 3.8) is 0 Å². The normalized spacial score (nSPS) is 11.7. The molecule has 1 amide bonds. The first-order valence-electron chi connectivity index (χ1n) is 9.64. The lowest BCUT2D eigenvalue weighted by Crippen LogP contribution is -2.14. The number of fused-ring (bicyclic) bond motifs is 1. The van der Waals surface area contributed by atoms with E-state index in [1.807, 2.05) is 44.3 Å². The van der Waals surface area contributed by atoms with Gasteiger partial charge in [-0.15, -0.1) is 0 Å². The van der Waals surface area contributed by atoms with Crippen LogP contribution in [0.25, 0.3) is 11.2 Å². The zero-order valence-electron chi connectivity index (χ0n) is 17.3. The van der Waals surface area contributed by atoms with Crippen LogP contribution < -0.4 is 10.6 Å². The smallest absolute Gasteiger partial charge is 0.257 e. The third kappa shape index (κ3) is 4.18. The van der Waals surface area contributed by atoms with Crippen LogP contribution in [0.2, 0.25) is 0 Å². The minimum Gasteiger partial charge on any atom is -0.362 e. The molecule has 0 aliphatic carbocycles. The van der Waals surface area contributed by atoms with E-state index in [4.69, 9.17) is 5.26 Å². The van der Waals surface area contributed by atoms with Crippen molar-refractivity contribution in [3.8, 4) is 6.07 Å². The van der Waals surface area contributed by atoms with Gasteiger partial charge in [0.2, 0.25) is 0 Å². The number of carbonyl (C=O) groups excluding carboxylic acids is 1. The Bertz CT molecular complexity index is 1320. The second kappa shape index (κ2) is 8.20. The number of anilines is 2. The Hall–Kier alpha value is -4.32. The molecule has 31 heavy (non-hydrogen) atoms. The fourth-order valence-electron chi connectivity index (χ4n) is 3.19. The van der Waals surface area contributed by atoms with E-state index in [-0.39, 0.29) is 11.9 Å². The second-order valence-corrected chi connectivity index (χ2v) is 7.18. The minimum absolute atomic E-state index is 0.0735. The van der Waals surface area contributed by atoms with Gasteiger partial charge in [0, 0.05) is 18.9 Å². The summed E-state index contributed by atoms with van der Waals surface area (Å²) in [7, 11) is 1.82. The molecule has 0 saturated carbocycles. The Morgan fingerprint density at radius 1 is 1.19 bits per heavy atom. The number of hydrogen-bond donors (Lipinski definition) is 2. The van der Waals surface area contributed by atoms with Crippen molar-refractivity contribution in [2.45, 2.75) is 19.9 Å². The fourth-order valence-corrected chi connectivity index (χ4v) is 3.19. The van der Waals surface area contributed by atoms with Crippen LogP contribution >= 0.6 is 0 Å². The third-order valence-corrected chi connectivity index (χ3v) is 4.90. The number of aryl methyl sites for hydroxylation is 2. The molecular weight excluding hydrogens is 392 g/mol. The van der Waals surface area contributed by atoms with Gasteiger partial charge in [0.05, 0.1) is 24.0 Å². The van der Waals surface area contributed by atoms with Gasteiger partial charge in [0.25, 0.3) is 5.91 Å². The van der Waals surface area contributed by atoms with Crippen LogP contribution in [0, 0.1) is 18.3 Å². The number of nitriles is 1. The summed E-state index contributed by atoms with van der Waals surface area (Å²) in [5.41, 5.74) is 4.43. The van der Waals surface area contributed by atoms with Crippen molar-refractivity contribution in [1.29, 1.82) is 5.26 Å². The van der Waals surface area contributed by atoms with E-state index in [9.17, 15) is 4.79 Å². The molecule has 0 bridgehead atoms. The SMILES string of the molecule is Cc1cc(C(=O)Nc2cccc([C@H](C)Nc3cnc4cnn(C)c4n3)c2)cnc1C#N. The van der Waals surface area contributed by atoms with Crippen molar-refractivity contribution >= 4 is 28.6 Å². The predicted octanol–water partition coefficient (Wildman–Crippen LogP) is 3.36. The summed E-state index contributed by atoms with van der Waals surface area (Å²) in [6.07, 6.45) is 4.75. The van der Waals surface area contributed by atoms with Gasteiger partial charge < -0.3 is 10.6 Å². The second-order valence-electron chi connectivity index (χ2n) is 7.18. The Kier molecular flexibility index (Phi) is 5.28. The van der Waals surface area contributed by atoms with Crippen molar-refractivity contribution < 1.29 is 4.79 Å². The predicted molar refractivity (Wildman–Crippen MR) is 116 cm³/mol. The quantitative estimate of drug-likeness (QED) is 0.515. The molecule has 0 unspecified atom stereocenters. The zero-order valence-corrected chi connectivity index (χ0v) is 17.3. The first-order chi connectivity index (χ1) is 14.9. The lowest BCUT2D eigenvalue weighted by Gasteiger charge is -2.16. The molecule has 3 aromatic heterocycles. The zero-order chi connectivity index (χ0) is 22.0. The molecule has 0 aliphatic rings. The average molecular weight is 412 g/mol. The van der Waals surface area contributed by atoms with Gasteiger partial charge in [-0.05, 0) is 43.2 Å². The number of rotatable bonds is 5. The topological polar surface area (TPSA) is 121 Å². The van der Waals surface area contributed by atoms with Gasteiger partial charge in [0.1, 0.15) is 23.1 Å². The standard InChI is InChI=1S/C22H20N8O/c1-13-7-16(10-24-18(13)9-23)22(31)28-17-6-4-5-15(8-17)14(2)27-20-12-25-19-11-26-30(3)21(19)29-20/h4-8,10-12,14H,1-3H3,(H,27,29)(H,28,31)/t14-/m0/s1. The Labute approximate surface area is 178 Å². The number of nitrogens with zero attached hydrogens (tertiary/aromatic N) is 6. The summed E-state index contributed by atoms with van der Waals surface area (Å²) in [6, 6.07) is 11.1. The van der Waals surface area contributed by atoms with Gasteiger partial charge in [-0.1, -0.05) is 12.1 Å². The molecule has 3 heterocycles. The highest BCUT2D eigenvalue weighted by Gasteiger charge is 2.12. The molecule has 9 nitrogen and oxygen atoms in total. The van der Waals surface area contributed by atoms with Crippen LogP contribution in [0.4, 0.5) is 11.5 Å². The van der Waals surface area contributed by atoms with Crippen LogP contribution in [0.15, 0.2) is 48.9 Å². The Morgan fingerprint density at radius 2 is 2.03 bits per heavy atom. The number of aromatic nitrogens is 5. The highest BCUT2D eigenvalue weighted by Crippen LogP contribution is 2.22. The molecule has 2 N–H and O–H groups in total. The molecule has 0 saturated heterocycles. The molecule has 0 aliphatic heterocycles. The maximum Gasteiger partial charge on any atom is 0.257 e.